The van der Waals surface area contributed by atoms with Crippen LogP contribution in [0.4, 0.5) is 18.3 Å². The number of nitrogens with one attached hydrogen (secondary N) is 1. The maximum Gasteiger partial charge on any atom is 0.490 e. The molecule has 2 aliphatic heterocycles. The van der Waals surface area contributed by atoms with E-state index in [0.29, 0.717) is 5.57 Å². The third-order valence-electron chi connectivity index (χ3n) is 6.92. The molecule has 0 saturated carbocycles. The second kappa shape index (κ2) is 17.7. The predicted molar refractivity (Wildman–Crippen MR) is 185 cm³/mol. The second-order valence-electron chi connectivity index (χ2n) is 11.0. The molecule has 0 radical (unpaired) electrons. The van der Waals surface area contributed by atoms with Crippen LogP contribution in [0.5, 0.6) is 11.5 Å². The van der Waals surface area contributed by atoms with Crippen LogP contribution < -0.4 is 20.5 Å². The third kappa shape index (κ3) is 10.7. The molecular weight excluding hydrogens is 816 g/mol. The number of nitrogens with two attached hydrogens (primary N) is 1. The fourth-order valence-corrected chi connectivity index (χ4v) is 6.50. The summed E-state index contributed by atoms with van der Waals surface area (Å²) in [4.78, 5) is 94.9. The summed E-state index contributed by atoms with van der Waals surface area (Å²) in [6.07, 6.45) is -4.06. The van der Waals surface area contributed by atoms with Crippen LogP contribution >= 0.6 is 23.1 Å². The van der Waals surface area contributed by atoms with Crippen molar-refractivity contribution in [1.29, 1.82) is 0 Å². The summed E-state index contributed by atoms with van der Waals surface area (Å²) in [6, 6.07) is 2.27. The number of halogens is 3. The van der Waals surface area contributed by atoms with Crippen molar-refractivity contribution in [2.45, 2.75) is 37.5 Å². The lowest BCUT2D eigenvalue weighted by Crippen LogP contribution is -2.71. The number of hydrogen-bond donors (Lipinski definition) is 5. The number of thiazole rings is 1. The standard InChI is InChI=1S/C28H25N9O11S2.C2HF3O2/c1-11(38)46-16-6-4-13(8-17(16)47-12(2)39)22(27(44)45)48-34-19(15-10-50-28(29)30-15)23(40)31-20-24(41)37-21(26(42)43)14(9-49-25(20)37)5-7-18-32-35-36(3)33-18;3-2(4,5)1(6)7/h4-8,10,20,22,25H,9H2,1-3H3,(H2,29,30)(H,31,40)(H,42,43)(H,44,45);(H,6,7)/b7-5-,34-19?;/t20-,22-,25+;/m1./s1. The highest BCUT2D eigenvalue weighted by Gasteiger charge is 2.54. The van der Waals surface area contributed by atoms with Gasteiger partial charge in [0.2, 0.25) is 6.10 Å². The molecule has 0 unspecified atom stereocenters. The van der Waals surface area contributed by atoms with Gasteiger partial charge in [0.15, 0.2) is 28.2 Å². The number of tetrazole rings is 1. The highest BCUT2D eigenvalue weighted by molar-refractivity contribution is 8.00. The lowest BCUT2D eigenvalue weighted by atomic mass is 10.0. The number of aliphatic carboxylic acids is 3. The van der Waals surface area contributed by atoms with Crippen molar-refractivity contribution >= 4 is 81.7 Å². The monoisotopic (exact) mass is 841 g/mol. The number of aryl methyl sites for hydroxylation is 1. The van der Waals surface area contributed by atoms with Crippen LogP contribution in [0.1, 0.15) is 37.0 Å². The molecule has 22 nitrogen and oxygen atoms in total. The molecule has 5 rings (SSSR count). The molecule has 1 fully saturated rings. The molecule has 6 N–H and O–H groups in total. The number of allylic oxidation sites excluding steroid dienone is 1. The van der Waals surface area contributed by atoms with E-state index in [2.05, 4.69) is 30.9 Å². The number of oxime groups is 1. The number of hydrogen-bond acceptors (Lipinski definition) is 18. The lowest BCUT2D eigenvalue weighted by molar-refractivity contribution is -0.192. The quantitative estimate of drug-likeness (QED) is 0.0552. The van der Waals surface area contributed by atoms with Gasteiger partial charge in [-0.1, -0.05) is 17.3 Å². The first-order valence-electron chi connectivity index (χ1n) is 15.3. The van der Waals surface area contributed by atoms with Gasteiger partial charge >= 0.3 is 36.0 Å². The van der Waals surface area contributed by atoms with Crippen LogP contribution in [0, 0.1) is 0 Å². The van der Waals surface area contributed by atoms with Gasteiger partial charge in [0, 0.05) is 30.5 Å². The van der Waals surface area contributed by atoms with E-state index in [-0.39, 0.29) is 45.2 Å². The van der Waals surface area contributed by atoms with Gasteiger partial charge in [-0.2, -0.15) is 18.0 Å². The summed E-state index contributed by atoms with van der Waals surface area (Å²) >= 11 is 2.12. The molecule has 302 valence electrons. The Bertz CT molecular complexity index is 2220. The lowest BCUT2D eigenvalue weighted by Gasteiger charge is -2.49. The molecule has 1 aromatic carbocycles. The molecule has 27 heteroatoms. The number of aromatic nitrogens is 5. The van der Waals surface area contributed by atoms with Crippen LogP contribution in [0.3, 0.4) is 0 Å². The van der Waals surface area contributed by atoms with E-state index < -0.39 is 71.1 Å². The van der Waals surface area contributed by atoms with Crippen molar-refractivity contribution in [3.63, 3.8) is 0 Å². The highest BCUT2D eigenvalue weighted by atomic mass is 32.2. The Morgan fingerprint density at radius 2 is 1.72 bits per heavy atom. The number of benzene rings is 1. The third-order valence-corrected chi connectivity index (χ3v) is 8.89. The van der Waals surface area contributed by atoms with E-state index in [1.54, 1.807) is 7.05 Å². The Hall–Kier alpha value is -6.90. The fraction of sp³-hybridized carbons (Fsp3) is 0.267. The van der Waals surface area contributed by atoms with E-state index in [9.17, 15) is 52.2 Å². The van der Waals surface area contributed by atoms with E-state index in [4.69, 9.17) is 29.9 Å². The number of fused-ring (bicyclic) bond motifs is 1. The normalized spacial score (nSPS) is 17.1. The van der Waals surface area contributed by atoms with E-state index in [1.807, 2.05) is 0 Å². The SMILES string of the molecule is CC(=O)Oc1ccc([C@@H](ON=C(C(=O)N[C@@H]2C(=O)N3C(C(=O)O)=C(/C=C\c4nnn(C)n4)CS[C@@H]23)c2csc(N)n2)C(=O)O)cc1OC(C)=O.O=C(O)C(F)(F)F. The summed E-state index contributed by atoms with van der Waals surface area (Å²) in [5.74, 6) is -9.05. The van der Waals surface area contributed by atoms with E-state index >= 15 is 0 Å². The Kier molecular flexibility index (Phi) is 13.3. The molecule has 3 aromatic rings. The average molecular weight is 842 g/mol. The van der Waals surface area contributed by atoms with Crippen molar-refractivity contribution in [2.24, 2.45) is 12.2 Å². The first kappa shape index (κ1) is 42.8. The van der Waals surface area contributed by atoms with Crippen LogP contribution in [-0.4, -0.2) is 116 Å². The number of β-lactam (4-membered cyclic amide) rings is 1. The molecule has 0 aliphatic carbocycles. The minimum absolute atomic E-state index is 0.0320. The average Bonchev–Trinajstić information content (AvgIpc) is 3.74. The Morgan fingerprint density at radius 1 is 1.07 bits per heavy atom. The number of carbonyl (C=O) groups is 7. The van der Waals surface area contributed by atoms with Gasteiger partial charge in [-0.15, -0.1) is 33.3 Å². The van der Waals surface area contributed by atoms with Crippen molar-refractivity contribution in [3.05, 3.63) is 58.0 Å². The van der Waals surface area contributed by atoms with Gasteiger partial charge in [-0.3, -0.25) is 24.1 Å². The molecule has 2 amide bonds. The molecule has 4 heterocycles. The Morgan fingerprint density at radius 3 is 2.25 bits per heavy atom. The number of carboxylic acids is 3. The Labute approximate surface area is 323 Å². The van der Waals surface area contributed by atoms with Crippen LogP contribution in [0.2, 0.25) is 0 Å². The Balaban J connectivity index is 0.000000940. The van der Waals surface area contributed by atoms with Crippen LogP contribution in [0.25, 0.3) is 6.08 Å². The number of nitrogen functional groups attached to an aromatic ring is 1. The number of ether oxygens (including phenoxy) is 2. The zero-order chi connectivity index (χ0) is 42.4. The summed E-state index contributed by atoms with van der Waals surface area (Å²) < 4.78 is 41.8. The van der Waals surface area contributed by atoms with Crippen LogP contribution in [0.15, 0.2) is 46.1 Å². The molecule has 0 spiro atoms. The molecule has 2 aliphatic rings. The molecule has 2 aromatic heterocycles. The molecule has 57 heavy (non-hydrogen) atoms. The zero-order valence-corrected chi connectivity index (χ0v) is 30.6. The van der Waals surface area contributed by atoms with Crippen molar-refractivity contribution < 1.29 is 76.4 Å². The topological polar surface area (TPSA) is 318 Å². The number of rotatable bonds is 12. The first-order valence-corrected chi connectivity index (χ1v) is 17.2. The number of thioether (sulfide) groups is 1. The summed E-state index contributed by atoms with van der Waals surface area (Å²) in [7, 11) is 1.56. The van der Waals surface area contributed by atoms with Crippen molar-refractivity contribution in [2.75, 3.05) is 11.5 Å². The number of nitrogens with zero attached hydrogens (tertiary/aromatic N) is 7. The van der Waals surface area contributed by atoms with Gasteiger partial charge in [0.05, 0.1) is 7.05 Å². The summed E-state index contributed by atoms with van der Waals surface area (Å²) in [5.41, 5.74) is 4.97. The smallest absolute Gasteiger partial charge is 0.478 e. The molecule has 0 bridgehead atoms. The van der Waals surface area contributed by atoms with Crippen molar-refractivity contribution in [1.82, 2.24) is 35.4 Å². The van der Waals surface area contributed by atoms with Gasteiger partial charge < -0.3 is 40.7 Å². The summed E-state index contributed by atoms with van der Waals surface area (Å²) in [5, 5.41) is 45.4. The predicted octanol–water partition coefficient (Wildman–Crippen LogP) is 0.731. The minimum Gasteiger partial charge on any atom is -0.478 e. The number of carbonyl (C=O) groups excluding carboxylic acids is 4. The van der Waals surface area contributed by atoms with Gasteiger partial charge in [-0.25, -0.2) is 19.4 Å². The number of amides is 2. The number of alkyl halides is 3. The van der Waals surface area contributed by atoms with Crippen LogP contribution in [-0.2, 0) is 45.4 Å². The zero-order valence-electron chi connectivity index (χ0n) is 29.0. The second-order valence-corrected chi connectivity index (χ2v) is 13.0. The first-order chi connectivity index (χ1) is 26.7. The van der Waals surface area contributed by atoms with Gasteiger partial charge in [0.25, 0.3) is 11.8 Å². The molecule has 3 atom stereocenters. The van der Waals surface area contributed by atoms with Gasteiger partial charge in [-0.05, 0) is 29.0 Å². The largest absolute Gasteiger partial charge is 0.490 e. The maximum absolute atomic E-state index is 13.6. The fourth-order valence-electron chi connectivity index (χ4n) is 4.64. The number of esters is 2. The minimum atomic E-state index is -5.08. The summed E-state index contributed by atoms with van der Waals surface area (Å²) in [6.45, 7) is 2.19. The molecule has 1 saturated heterocycles. The molecular formula is C30H26F3N9O13S2. The van der Waals surface area contributed by atoms with Gasteiger partial charge in [0.1, 0.15) is 22.8 Å². The van der Waals surface area contributed by atoms with E-state index in [1.165, 1.54) is 46.2 Å². The number of anilines is 1. The highest BCUT2D eigenvalue weighted by Crippen LogP contribution is 2.41. The van der Waals surface area contributed by atoms with Crippen molar-refractivity contribution in [3.8, 4) is 11.5 Å². The van der Waals surface area contributed by atoms with E-state index in [0.717, 1.165) is 36.2 Å². The number of carboxylic acid groups (broad SMARTS) is 3. The maximum atomic E-state index is 13.6.